The third-order valence-electron chi connectivity index (χ3n) is 3.06. The summed E-state index contributed by atoms with van der Waals surface area (Å²) in [5.74, 6) is 0.282. The van der Waals surface area contributed by atoms with Crippen LogP contribution in [0, 0.1) is 0 Å². The van der Waals surface area contributed by atoms with E-state index in [0.717, 1.165) is 0 Å². The highest BCUT2D eigenvalue weighted by atomic mass is 16.5. The second-order valence-corrected chi connectivity index (χ2v) is 4.89. The molecule has 1 atom stereocenters. The van der Waals surface area contributed by atoms with Crippen molar-refractivity contribution in [2.24, 2.45) is 0 Å². The largest absolute Gasteiger partial charge is 0.343 e. The Kier molecular flexibility index (Phi) is 3.06. The van der Waals surface area contributed by atoms with Gasteiger partial charge >= 0.3 is 0 Å². The fourth-order valence-electron chi connectivity index (χ4n) is 1.96. The van der Waals surface area contributed by atoms with E-state index in [1.54, 1.807) is 25.7 Å². The molecule has 1 aliphatic rings. The van der Waals surface area contributed by atoms with Gasteiger partial charge in [0.05, 0.1) is 0 Å². The van der Waals surface area contributed by atoms with Gasteiger partial charge in [0.25, 0.3) is 0 Å². The number of amides is 2. The first-order chi connectivity index (χ1) is 8.42. The monoisotopic (exact) mass is 252 g/mol. The molecule has 0 bridgehead atoms. The average molecular weight is 252 g/mol. The van der Waals surface area contributed by atoms with E-state index in [2.05, 4.69) is 20.0 Å². The highest BCUT2D eigenvalue weighted by molar-refractivity contribution is 5.99. The van der Waals surface area contributed by atoms with Crippen LogP contribution in [0.3, 0.4) is 0 Å². The molecule has 1 N–H and O–H groups in total. The molecule has 1 fully saturated rings. The van der Waals surface area contributed by atoms with Crippen molar-refractivity contribution in [3.63, 3.8) is 0 Å². The van der Waals surface area contributed by atoms with Gasteiger partial charge in [0, 0.05) is 13.0 Å². The van der Waals surface area contributed by atoms with Crippen molar-refractivity contribution in [3.05, 3.63) is 12.2 Å². The summed E-state index contributed by atoms with van der Waals surface area (Å²) in [6.45, 7) is 5.50. The molecule has 1 aromatic rings. The Balaban J connectivity index is 2.09. The third-order valence-corrected chi connectivity index (χ3v) is 3.06. The van der Waals surface area contributed by atoms with E-state index < -0.39 is 11.6 Å². The van der Waals surface area contributed by atoms with E-state index in [-0.39, 0.29) is 11.8 Å². The molecule has 2 amide bonds. The van der Waals surface area contributed by atoms with Gasteiger partial charge in [0.1, 0.15) is 11.6 Å². The van der Waals surface area contributed by atoms with E-state index in [9.17, 15) is 9.59 Å². The highest BCUT2D eigenvalue weighted by Crippen LogP contribution is 2.17. The summed E-state index contributed by atoms with van der Waals surface area (Å²) >= 11 is 0. The lowest BCUT2D eigenvalue weighted by Gasteiger charge is -2.41. The minimum absolute atomic E-state index is 0.0990. The van der Waals surface area contributed by atoms with Gasteiger partial charge in [-0.2, -0.15) is 4.98 Å². The molecule has 18 heavy (non-hydrogen) atoms. The molecule has 2 heterocycles. The summed E-state index contributed by atoms with van der Waals surface area (Å²) in [5, 5.41) is 6.38. The number of hydrogen-bond acceptors (Lipinski definition) is 5. The quantitative estimate of drug-likeness (QED) is 0.800. The van der Waals surface area contributed by atoms with Gasteiger partial charge in [0.2, 0.25) is 18.2 Å². The zero-order chi connectivity index (χ0) is 13.3. The molecular formula is C11H16N4O3. The molecule has 98 valence electrons. The number of hydrogen-bond donors (Lipinski definition) is 1. The number of nitrogens with one attached hydrogen (secondary N) is 1. The standard InChI is InChI=1S/C11H16N4O3/c1-7-9(16)13-11(2,3)10(17)15(7)5-4-8-12-6-18-14-8/h6-7H,4-5H2,1-3H3,(H,13,16). The van der Waals surface area contributed by atoms with Crippen LogP contribution in [-0.4, -0.2) is 45.0 Å². The molecule has 0 spiro atoms. The Bertz CT molecular complexity index is 455. The lowest BCUT2D eigenvalue weighted by Crippen LogP contribution is -2.67. The van der Waals surface area contributed by atoms with Crippen molar-refractivity contribution in [1.29, 1.82) is 0 Å². The van der Waals surface area contributed by atoms with E-state index in [1.807, 2.05) is 0 Å². The molecule has 0 aliphatic carbocycles. The molecule has 2 rings (SSSR count). The maximum Gasteiger partial charge on any atom is 0.248 e. The third kappa shape index (κ3) is 2.20. The summed E-state index contributed by atoms with van der Waals surface area (Å²) in [4.78, 5) is 29.4. The molecule has 1 unspecified atom stereocenters. The van der Waals surface area contributed by atoms with Crippen molar-refractivity contribution < 1.29 is 14.1 Å². The second-order valence-electron chi connectivity index (χ2n) is 4.89. The first kappa shape index (κ1) is 12.5. The number of aromatic nitrogens is 2. The summed E-state index contributed by atoms with van der Waals surface area (Å²) in [7, 11) is 0. The predicted molar refractivity (Wildman–Crippen MR) is 61.4 cm³/mol. The average Bonchev–Trinajstić information content (AvgIpc) is 2.79. The summed E-state index contributed by atoms with van der Waals surface area (Å²) in [5.41, 5.74) is -0.860. The van der Waals surface area contributed by atoms with Gasteiger partial charge in [-0.3, -0.25) is 9.59 Å². The predicted octanol–water partition coefficient (Wildman–Crippen LogP) is -0.262. The van der Waals surface area contributed by atoms with Gasteiger partial charge in [-0.15, -0.1) is 0 Å². The second kappa shape index (κ2) is 4.40. The fraction of sp³-hybridized carbons (Fsp3) is 0.636. The summed E-state index contributed by atoms with van der Waals surface area (Å²) in [6.07, 6.45) is 1.71. The molecular weight excluding hydrogens is 236 g/mol. The zero-order valence-electron chi connectivity index (χ0n) is 10.6. The molecule has 7 nitrogen and oxygen atoms in total. The van der Waals surface area contributed by atoms with Crippen LogP contribution in [0.25, 0.3) is 0 Å². The fourth-order valence-corrected chi connectivity index (χ4v) is 1.96. The normalized spacial score (nSPS) is 23.1. The molecule has 1 aliphatic heterocycles. The van der Waals surface area contributed by atoms with Gasteiger partial charge in [0.15, 0.2) is 5.82 Å². The van der Waals surface area contributed by atoms with Crippen LogP contribution in [0.4, 0.5) is 0 Å². The number of nitrogens with zero attached hydrogens (tertiary/aromatic N) is 3. The Morgan fingerprint density at radius 2 is 2.22 bits per heavy atom. The molecule has 1 saturated heterocycles. The SMILES string of the molecule is CC1C(=O)NC(C)(C)C(=O)N1CCc1ncon1. The topological polar surface area (TPSA) is 88.3 Å². The van der Waals surface area contributed by atoms with Crippen LogP contribution >= 0.6 is 0 Å². The van der Waals surface area contributed by atoms with Crippen LogP contribution in [0.1, 0.15) is 26.6 Å². The maximum absolute atomic E-state index is 12.2. The minimum atomic E-state index is -0.860. The van der Waals surface area contributed by atoms with Gasteiger partial charge in [-0.25, -0.2) is 0 Å². The van der Waals surface area contributed by atoms with Gasteiger partial charge < -0.3 is 14.7 Å². The smallest absolute Gasteiger partial charge is 0.248 e. The van der Waals surface area contributed by atoms with Crippen molar-refractivity contribution in [1.82, 2.24) is 20.4 Å². The molecule has 7 heteroatoms. The van der Waals surface area contributed by atoms with Crippen molar-refractivity contribution in [2.75, 3.05) is 6.54 Å². The highest BCUT2D eigenvalue weighted by Gasteiger charge is 2.43. The van der Waals surface area contributed by atoms with Crippen LogP contribution in [0.2, 0.25) is 0 Å². The van der Waals surface area contributed by atoms with Crippen molar-refractivity contribution >= 4 is 11.8 Å². The Morgan fingerprint density at radius 3 is 2.83 bits per heavy atom. The molecule has 1 aromatic heterocycles. The Labute approximate surface area is 105 Å². The maximum atomic E-state index is 12.2. The van der Waals surface area contributed by atoms with Crippen LogP contribution in [-0.2, 0) is 16.0 Å². The first-order valence-electron chi connectivity index (χ1n) is 5.80. The summed E-state index contributed by atoms with van der Waals surface area (Å²) in [6, 6.07) is -0.475. The van der Waals surface area contributed by atoms with E-state index in [0.29, 0.717) is 18.8 Å². The lowest BCUT2D eigenvalue weighted by atomic mass is 9.97. The van der Waals surface area contributed by atoms with Crippen LogP contribution in [0.5, 0.6) is 0 Å². The van der Waals surface area contributed by atoms with Crippen molar-refractivity contribution in [3.8, 4) is 0 Å². The summed E-state index contributed by atoms with van der Waals surface area (Å²) < 4.78 is 4.63. The van der Waals surface area contributed by atoms with Crippen molar-refractivity contribution in [2.45, 2.75) is 38.8 Å². The van der Waals surface area contributed by atoms with Crippen LogP contribution < -0.4 is 5.32 Å². The first-order valence-corrected chi connectivity index (χ1v) is 5.80. The molecule has 0 radical (unpaired) electrons. The van der Waals surface area contributed by atoms with E-state index in [1.165, 1.54) is 6.39 Å². The minimum Gasteiger partial charge on any atom is -0.343 e. The number of carbonyl (C=O) groups is 2. The zero-order valence-corrected chi connectivity index (χ0v) is 10.6. The van der Waals surface area contributed by atoms with Gasteiger partial charge in [-0.1, -0.05) is 5.16 Å². The number of carbonyl (C=O) groups excluding carboxylic acids is 2. The van der Waals surface area contributed by atoms with Gasteiger partial charge in [-0.05, 0) is 20.8 Å². The number of rotatable bonds is 3. The Hall–Kier alpha value is -1.92. The van der Waals surface area contributed by atoms with Crippen LogP contribution in [0.15, 0.2) is 10.9 Å². The van der Waals surface area contributed by atoms with E-state index in [4.69, 9.17) is 0 Å². The van der Waals surface area contributed by atoms with E-state index >= 15 is 0 Å². The number of piperazine rings is 1. The molecule has 0 aromatic carbocycles. The molecule has 0 saturated carbocycles. The Morgan fingerprint density at radius 1 is 1.50 bits per heavy atom. The lowest BCUT2D eigenvalue weighted by molar-refractivity contribution is -0.152.